The highest BCUT2D eigenvalue weighted by Crippen LogP contribution is 2.43. The molecule has 1 aromatic heterocycles. The number of carbonyl (C=O) groups is 1. The second-order valence-electron chi connectivity index (χ2n) is 10.2. The Bertz CT molecular complexity index is 1320. The molecule has 4 N–H and O–H groups in total. The van der Waals surface area contributed by atoms with E-state index in [-0.39, 0.29) is 36.7 Å². The minimum absolute atomic E-state index is 0.0150. The van der Waals surface area contributed by atoms with E-state index in [4.69, 9.17) is 19.9 Å². The number of aliphatic hydroxyl groups is 2. The van der Waals surface area contributed by atoms with E-state index in [0.717, 1.165) is 5.56 Å². The van der Waals surface area contributed by atoms with E-state index in [1.807, 2.05) is 6.07 Å². The number of hydrogen-bond donors (Lipinski definition) is 3. The Morgan fingerprint density at radius 3 is 2.61 bits per heavy atom. The molecule has 202 valence electrons. The van der Waals surface area contributed by atoms with E-state index >= 15 is 0 Å². The number of ether oxygens (including phenoxy) is 3. The monoisotopic (exact) mass is 524 g/mol. The van der Waals surface area contributed by atoms with E-state index in [1.165, 1.54) is 19.2 Å². The molecule has 2 unspecified atom stereocenters. The highest BCUT2D eigenvalue weighted by Gasteiger charge is 2.39. The van der Waals surface area contributed by atoms with Gasteiger partial charge in [0.15, 0.2) is 23.0 Å². The van der Waals surface area contributed by atoms with Crippen LogP contribution in [0.25, 0.3) is 11.3 Å². The fraction of sp³-hybridized carbons (Fsp3) is 0.379. The molecule has 0 bridgehead atoms. The van der Waals surface area contributed by atoms with Crippen molar-refractivity contribution >= 4 is 5.78 Å². The number of methoxy groups -OCH3 is 1. The minimum atomic E-state index is -1.53. The number of carbonyl (C=O) groups excluding carboxylic acids is 1. The molecular formula is C29H33FN2O6. The molecule has 0 radical (unpaired) electrons. The number of aromatic nitrogens is 1. The zero-order valence-electron chi connectivity index (χ0n) is 22.0. The Hall–Kier alpha value is -3.53. The van der Waals surface area contributed by atoms with Gasteiger partial charge in [0.25, 0.3) is 0 Å². The Morgan fingerprint density at radius 2 is 1.95 bits per heavy atom. The van der Waals surface area contributed by atoms with Crippen molar-refractivity contribution in [1.29, 1.82) is 0 Å². The molecule has 0 saturated carbocycles. The first-order valence-corrected chi connectivity index (χ1v) is 12.4. The molecule has 38 heavy (non-hydrogen) atoms. The molecule has 3 atom stereocenters. The zero-order chi connectivity index (χ0) is 27.7. The number of pyridine rings is 1. The summed E-state index contributed by atoms with van der Waals surface area (Å²) in [5.74, 6) is 0.612. The first kappa shape index (κ1) is 27.5. The van der Waals surface area contributed by atoms with Gasteiger partial charge in [-0.25, -0.2) is 9.37 Å². The van der Waals surface area contributed by atoms with Crippen LogP contribution >= 0.6 is 0 Å². The lowest BCUT2D eigenvalue weighted by Gasteiger charge is -2.26. The number of nitrogens with two attached hydrogens (primary N) is 1. The Kier molecular flexibility index (Phi) is 7.73. The second kappa shape index (κ2) is 10.7. The summed E-state index contributed by atoms with van der Waals surface area (Å²) in [5, 5.41) is 21.0. The topological polar surface area (TPSA) is 124 Å². The fourth-order valence-electron chi connectivity index (χ4n) is 4.40. The SMILES string of the molecule is COc1cc(C(=O)CCC(C)(O)c2nc(-c3ccc(F)cc3)cc3c2OC(C)(N)C3)ccc1OC[C@@H](C)O. The lowest BCUT2D eigenvalue weighted by molar-refractivity contribution is 0.0330. The third kappa shape index (κ3) is 6.12. The first-order valence-electron chi connectivity index (χ1n) is 12.4. The van der Waals surface area contributed by atoms with Crippen molar-refractivity contribution in [1.82, 2.24) is 4.98 Å². The Morgan fingerprint density at radius 1 is 1.24 bits per heavy atom. The van der Waals surface area contributed by atoms with Gasteiger partial charge in [-0.05, 0) is 75.7 Å². The van der Waals surface area contributed by atoms with Gasteiger partial charge in [-0.3, -0.25) is 10.5 Å². The van der Waals surface area contributed by atoms with Gasteiger partial charge < -0.3 is 24.4 Å². The maximum absolute atomic E-state index is 13.5. The van der Waals surface area contributed by atoms with E-state index in [0.29, 0.717) is 40.5 Å². The summed E-state index contributed by atoms with van der Waals surface area (Å²) >= 11 is 0. The number of benzene rings is 2. The molecule has 0 fully saturated rings. The molecular weight excluding hydrogens is 491 g/mol. The molecule has 8 nitrogen and oxygen atoms in total. The molecule has 0 aliphatic carbocycles. The number of fused-ring (bicyclic) bond motifs is 1. The van der Waals surface area contributed by atoms with Crippen molar-refractivity contribution in [2.45, 2.75) is 57.5 Å². The van der Waals surface area contributed by atoms with Gasteiger partial charge in [0.2, 0.25) is 0 Å². The lowest BCUT2D eigenvalue weighted by atomic mass is 9.90. The van der Waals surface area contributed by atoms with Gasteiger partial charge in [-0.2, -0.15) is 0 Å². The number of Topliss-reactive ketones (excluding diaryl/α,β-unsaturated/α-hetero) is 1. The van der Waals surface area contributed by atoms with Crippen LogP contribution in [-0.2, 0) is 12.0 Å². The van der Waals surface area contributed by atoms with Crippen LogP contribution in [0.15, 0.2) is 48.5 Å². The molecule has 2 heterocycles. The third-order valence-corrected chi connectivity index (χ3v) is 6.38. The average molecular weight is 525 g/mol. The van der Waals surface area contributed by atoms with Crippen LogP contribution in [0.2, 0.25) is 0 Å². The molecule has 0 amide bonds. The lowest BCUT2D eigenvalue weighted by Crippen LogP contribution is -2.41. The minimum Gasteiger partial charge on any atom is -0.493 e. The number of nitrogens with zero attached hydrogens (tertiary/aromatic N) is 1. The number of ketones is 1. The largest absolute Gasteiger partial charge is 0.493 e. The van der Waals surface area contributed by atoms with Gasteiger partial charge in [-0.15, -0.1) is 0 Å². The number of halogens is 1. The van der Waals surface area contributed by atoms with Crippen LogP contribution in [0.5, 0.6) is 17.2 Å². The van der Waals surface area contributed by atoms with E-state index < -0.39 is 17.4 Å². The summed E-state index contributed by atoms with van der Waals surface area (Å²) < 4.78 is 30.3. The number of hydrogen-bond acceptors (Lipinski definition) is 8. The predicted octanol–water partition coefficient (Wildman–Crippen LogP) is 4.14. The summed E-state index contributed by atoms with van der Waals surface area (Å²) in [5.41, 5.74) is 6.43. The van der Waals surface area contributed by atoms with Crippen molar-refractivity contribution in [3.63, 3.8) is 0 Å². The van der Waals surface area contributed by atoms with Gasteiger partial charge in [0.1, 0.15) is 29.5 Å². The standard InChI is InChI=1S/C29H33FN2O6/c1-17(33)16-37-24-10-7-19(14-25(24)36-4)23(34)11-12-28(2,35)27-26-20(15-29(3,31)38-26)13-22(32-27)18-5-8-21(30)9-6-18/h5-10,13-14,17,33,35H,11-12,15-16,31H2,1-4H3/t17-,28?,29?/m1/s1. The van der Waals surface area contributed by atoms with Gasteiger partial charge in [-0.1, -0.05) is 0 Å². The molecule has 1 aliphatic rings. The molecule has 3 aromatic rings. The predicted molar refractivity (Wildman–Crippen MR) is 140 cm³/mol. The van der Waals surface area contributed by atoms with Crippen LogP contribution in [0.1, 0.15) is 55.2 Å². The summed E-state index contributed by atoms with van der Waals surface area (Å²) in [4.78, 5) is 17.8. The van der Waals surface area contributed by atoms with Crippen molar-refractivity contribution < 1.29 is 33.6 Å². The van der Waals surface area contributed by atoms with Crippen molar-refractivity contribution in [2.75, 3.05) is 13.7 Å². The van der Waals surface area contributed by atoms with Crippen LogP contribution in [0.4, 0.5) is 4.39 Å². The van der Waals surface area contributed by atoms with Crippen LogP contribution in [0, 0.1) is 5.82 Å². The third-order valence-electron chi connectivity index (χ3n) is 6.38. The number of aliphatic hydroxyl groups excluding tert-OH is 1. The summed E-state index contributed by atoms with van der Waals surface area (Å²) in [6.45, 7) is 5.02. The van der Waals surface area contributed by atoms with Crippen LogP contribution in [0.3, 0.4) is 0 Å². The highest BCUT2D eigenvalue weighted by molar-refractivity contribution is 5.96. The smallest absolute Gasteiger partial charge is 0.163 e. The average Bonchev–Trinajstić information content (AvgIpc) is 3.19. The molecule has 4 rings (SSSR count). The number of rotatable bonds is 10. The molecule has 9 heteroatoms. The van der Waals surface area contributed by atoms with E-state index in [9.17, 15) is 19.4 Å². The summed E-state index contributed by atoms with van der Waals surface area (Å²) in [6, 6.07) is 12.6. The molecule has 1 aliphatic heterocycles. The second-order valence-corrected chi connectivity index (χ2v) is 10.2. The van der Waals surface area contributed by atoms with Crippen molar-refractivity contribution in [2.24, 2.45) is 5.73 Å². The van der Waals surface area contributed by atoms with E-state index in [1.54, 1.807) is 51.1 Å². The molecule has 2 aromatic carbocycles. The zero-order valence-corrected chi connectivity index (χ0v) is 22.0. The van der Waals surface area contributed by atoms with E-state index in [2.05, 4.69) is 4.98 Å². The van der Waals surface area contributed by atoms with Crippen molar-refractivity contribution in [3.8, 4) is 28.5 Å². The van der Waals surface area contributed by atoms with Gasteiger partial charge >= 0.3 is 0 Å². The molecule has 0 spiro atoms. The highest BCUT2D eigenvalue weighted by atomic mass is 19.1. The quantitative estimate of drug-likeness (QED) is 0.338. The summed E-state index contributed by atoms with van der Waals surface area (Å²) in [7, 11) is 1.47. The normalized spacial score (nSPS) is 18.7. The van der Waals surface area contributed by atoms with Crippen LogP contribution in [-0.4, -0.2) is 46.5 Å². The maximum Gasteiger partial charge on any atom is 0.163 e. The summed E-state index contributed by atoms with van der Waals surface area (Å²) in [6.07, 6.45) is -0.169. The molecule has 0 saturated heterocycles. The first-order chi connectivity index (χ1) is 17.9. The maximum atomic E-state index is 13.5. The Labute approximate surface area is 221 Å². The van der Waals surface area contributed by atoms with Crippen LogP contribution < -0.4 is 19.9 Å². The van der Waals surface area contributed by atoms with Gasteiger partial charge in [0, 0.05) is 29.5 Å². The Balaban J connectivity index is 1.58. The van der Waals surface area contributed by atoms with Gasteiger partial charge in [0.05, 0.1) is 18.9 Å². The fourth-order valence-corrected chi connectivity index (χ4v) is 4.40. The van der Waals surface area contributed by atoms with Crippen molar-refractivity contribution in [3.05, 3.63) is 71.2 Å².